The quantitative estimate of drug-likeness (QED) is 0.658. The Balaban J connectivity index is 2.48. The van der Waals surface area contributed by atoms with Crippen LogP contribution in [0.1, 0.15) is 6.42 Å². The molecular formula is C14H15ClN2O2S. The summed E-state index contributed by atoms with van der Waals surface area (Å²) in [4.78, 5) is 17.0. The molecule has 0 bridgehead atoms. The number of hydrogen-bond acceptors (Lipinski definition) is 4. The number of aliphatic hydroxyl groups excluding tert-OH is 1. The summed E-state index contributed by atoms with van der Waals surface area (Å²) in [5.74, 6) is 0.646. The summed E-state index contributed by atoms with van der Waals surface area (Å²) >= 11 is 6.95. The molecule has 0 unspecified atom stereocenters. The number of hydrogen-bond donors (Lipinski definition) is 1. The van der Waals surface area contributed by atoms with Gasteiger partial charge in [-0.1, -0.05) is 41.6 Å². The van der Waals surface area contributed by atoms with Crippen molar-refractivity contribution in [2.45, 2.75) is 18.1 Å². The van der Waals surface area contributed by atoms with Crippen LogP contribution in [0.5, 0.6) is 0 Å². The van der Waals surface area contributed by atoms with Gasteiger partial charge in [0.05, 0.1) is 10.9 Å². The smallest absolute Gasteiger partial charge is 0.262 e. The predicted octanol–water partition coefficient (Wildman–Crippen LogP) is 2.62. The Labute approximate surface area is 126 Å². The van der Waals surface area contributed by atoms with Gasteiger partial charge in [0.1, 0.15) is 0 Å². The molecule has 1 heterocycles. The molecule has 2 aromatic rings. The van der Waals surface area contributed by atoms with Gasteiger partial charge < -0.3 is 5.11 Å². The number of halogens is 1. The minimum Gasteiger partial charge on any atom is -0.396 e. The van der Waals surface area contributed by atoms with Crippen molar-refractivity contribution in [3.05, 3.63) is 46.2 Å². The topological polar surface area (TPSA) is 55.1 Å². The Morgan fingerprint density at radius 2 is 2.20 bits per heavy atom. The molecule has 106 valence electrons. The van der Waals surface area contributed by atoms with E-state index in [1.165, 1.54) is 17.3 Å². The van der Waals surface area contributed by atoms with E-state index in [4.69, 9.17) is 16.7 Å². The van der Waals surface area contributed by atoms with Crippen molar-refractivity contribution < 1.29 is 5.11 Å². The molecule has 4 nitrogen and oxygen atoms in total. The van der Waals surface area contributed by atoms with E-state index in [2.05, 4.69) is 4.98 Å². The summed E-state index contributed by atoms with van der Waals surface area (Å²) in [6.45, 7) is 0.505. The number of para-hydroxylation sites is 1. The van der Waals surface area contributed by atoms with E-state index in [0.717, 1.165) is 0 Å². The number of fused-ring (bicyclic) bond motifs is 1. The van der Waals surface area contributed by atoms with E-state index in [0.29, 0.717) is 34.8 Å². The Hall–Kier alpha value is -1.30. The summed E-state index contributed by atoms with van der Waals surface area (Å²) < 4.78 is 1.62. The number of aliphatic hydroxyl groups is 1. The molecule has 0 aliphatic heterocycles. The maximum atomic E-state index is 12.5. The van der Waals surface area contributed by atoms with Crippen LogP contribution < -0.4 is 5.56 Å². The van der Waals surface area contributed by atoms with E-state index >= 15 is 0 Å². The van der Waals surface area contributed by atoms with E-state index in [9.17, 15) is 4.79 Å². The number of rotatable bonds is 6. The van der Waals surface area contributed by atoms with Crippen molar-refractivity contribution >= 4 is 34.3 Å². The molecule has 2 rings (SSSR count). The van der Waals surface area contributed by atoms with Crippen molar-refractivity contribution in [1.82, 2.24) is 9.55 Å². The fraction of sp³-hybridized carbons (Fsp3) is 0.286. The van der Waals surface area contributed by atoms with Crippen LogP contribution in [0.25, 0.3) is 10.9 Å². The molecule has 1 aromatic carbocycles. The number of thioether (sulfide) groups is 1. The average molecular weight is 311 g/mol. The molecule has 0 spiro atoms. The number of nitrogens with zero attached hydrogens (tertiary/aromatic N) is 2. The highest BCUT2D eigenvalue weighted by Crippen LogP contribution is 2.18. The Bertz CT molecular complexity index is 670. The van der Waals surface area contributed by atoms with Crippen LogP contribution in [0.3, 0.4) is 0 Å². The Kier molecular flexibility index (Phi) is 5.64. The fourth-order valence-corrected chi connectivity index (χ4v) is 2.87. The fourth-order valence-electron chi connectivity index (χ4n) is 1.84. The second kappa shape index (κ2) is 7.47. The highest BCUT2D eigenvalue weighted by atomic mass is 35.5. The third-order valence-corrected chi connectivity index (χ3v) is 3.87. The number of benzene rings is 1. The van der Waals surface area contributed by atoms with Crippen LogP contribution in [-0.4, -0.2) is 27.0 Å². The molecule has 1 N–H and O–H groups in total. The number of aromatic nitrogens is 2. The Morgan fingerprint density at radius 3 is 2.95 bits per heavy atom. The first-order valence-corrected chi connectivity index (χ1v) is 7.68. The molecule has 1 aromatic heterocycles. The zero-order valence-corrected chi connectivity index (χ0v) is 12.4. The molecule has 0 amide bonds. The zero-order chi connectivity index (χ0) is 14.4. The summed E-state index contributed by atoms with van der Waals surface area (Å²) in [5, 5.41) is 10.2. The summed E-state index contributed by atoms with van der Waals surface area (Å²) in [5.41, 5.74) is 2.07. The Morgan fingerprint density at radius 1 is 1.40 bits per heavy atom. The van der Waals surface area contributed by atoms with Crippen LogP contribution in [-0.2, 0) is 6.54 Å². The molecular weight excluding hydrogens is 296 g/mol. The largest absolute Gasteiger partial charge is 0.396 e. The van der Waals surface area contributed by atoms with Crippen LogP contribution in [0.15, 0.2) is 45.8 Å². The summed E-state index contributed by atoms with van der Waals surface area (Å²) in [6, 6.07) is 7.28. The van der Waals surface area contributed by atoms with Gasteiger partial charge in [0, 0.05) is 24.4 Å². The predicted molar refractivity (Wildman–Crippen MR) is 83.4 cm³/mol. The van der Waals surface area contributed by atoms with E-state index < -0.39 is 0 Å². The van der Waals surface area contributed by atoms with Gasteiger partial charge in [-0.25, -0.2) is 4.98 Å². The van der Waals surface area contributed by atoms with Crippen LogP contribution >= 0.6 is 23.4 Å². The molecule has 0 saturated carbocycles. The monoisotopic (exact) mass is 310 g/mol. The van der Waals surface area contributed by atoms with Crippen molar-refractivity contribution in [1.29, 1.82) is 0 Å². The van der Waals surface area contributed by atoms with Gasteiger partial charge in [-0.15, -0.1) is 0 Å². The van der Waals surface area contributed by atoms with Crippen LogP contribution in [0, 0.1) is 0 Å². The molecule has 0 saturated heterocycles. The van der Waals surface area contributed by atoms with Gasteiger partial charge in [-0.2, -0.15) is 0 Å². The molecule has 0 fully saturated rings. The molecule has 0 aliphatic rings. The van der Waals surface area contributed by atoms with Gasteiger partial charge >= 0.3 is 0 Å². The summed E-state index contributed by atoms with van der Waals surface area (Å²) in [6.07, 6.45) is 2.32. The minimum absolute atomic E-state index is 0.0466. The van der Waals surface area contributed by atoms with Gasteiger partial charge in [-0.3, -0.25) is 9.36 Å². The lowest BCUT2D eigenvalue weighted by Crippen LogP contribution is -2.24. The lowest BCUT2D eigenvalue weighted by Gasteiger charge is -2.11. The minimum atomic E-state index is -0.0681. The molecule has 20 heavy (non-hydrogen) atoms. The summed E-state index contributed by atoms with van der Waals surface area (Å²) in [7, 11) is 0. The zero-order valence-electron chi connectivity index (χ0n) is 10.8. The lowest BCUT2D eigenvalue weighted by molar-refractivity contribution is 0.276. The maximum Gasteiger partial charge on any atom is 0.262 e. The SMILES string of the molecule is O=c1c2ccccc2nc(SC/C=C/Cl)n1CCCO. The highest BCUT2D eigenvalue weighted by Gasteiger charge is 2.10. The van der Waals surface area contributed by atoms with Crippen molar-refractivity contribution in [2.75, 3.05) is 12.4 Å². The molecule has 0 atom stereocenters. The normalized spacial score (nSPS) is 11.5. The first kappa shape index (κ1) is 15.1. The molecule has 6 heteroatoms. The van der Waals surface area contributed by atoms with Crippen LogP contribution in [0.4, 0.5) is 0 Å². The average Bonchev–Trinajstić information content (AvgIpc) is 2.47. The first-order chi connectivity index (χ1) is 9.77. The second-order valence-corrected chi connectivity index (χ2v) is 5.36. The third kappa shape index (κ3) is 3.42. The van der Waals surface area contributed by atoms with Gasteiger partial charge in [0.15, 0.2) is 5.16 Å². The second-order valence-electron chi connectivity index (χ2n) is 4.12. The third-order valence-electron chi connectivity index (χ3n) is 2.76. The van der Waals surface area contributed by atoms with Gasteiger partial charge in [0.2, 0.25) is 0 Å². The molecule has 0 aliphatic carbocycles. The molecule has 0 radical (unpaired) electrons. The van der Waals surface area contributed by atoms with Crippen LogP contribution in [0.2, 0.25) is 0 Å². The van der Waals surface area contributed by atoms with Crippen molar-refractivity contribution in [3.8, 4) is 0 Å². The van der Waals surface area contributed by atoms with E-state index in [1.54, 1.807) is 16.7 Å². The van der Waals surface area contributed by atoms with Gasteiger partial charge in [0.25, 0.3) is 5.56 Å². The maximum absolute atomic E-state index is 12.5. The van der Waals surface area contributed by atoms with E-state index in [1.807, 2.05) is 18.2 Å². The van der Waals surface area contributed by atoms with E-state index in [-0.39, 0.29) is 12.2 Å². The van der Waals surface area contributed by atoms with Crippen molar-refractivity contribution in [3.63, 3.8) is 0 Å². The standard InChI is InChI=1S/C14H15ClN2O2S/c15-7-3-10-20-14-16-12-6-2-1-5-11(12)13(19)17(14)8-4-9-18/h1-3,5-7,18H,4,8-10H2/b7-3+. The highest BCUT2D eigenvalue weighted by molar-refractivity contribution is 7.99. The lowest BCUT2D eigenvalue weighted by atomic mass is 10.2. The van der Waals surface area contributed by atoms with Gasteiger partial charge in [-0.05, 0) is 18.6 Å². The first-order valence-electron chi connectivity index (χ1n) is 6.26. The van der Waals surface area contributed by atoms with Crippen molar-refractivity contribution in [2.24, 2.45) is 0 Å².